The van der Waals surface area contributed by atoms with E-state index in [0.29, 0.717) is 30.7 Å². The van der Waals surface area contributed by atoms with Crippen LogP contribution in [0.2, 0.25) is 0 Å². The summed E-state index contributed by atoms with van der Waals surface area (Å²) < 4.78 is 12.0. The molecule has 4 aliphatic rings. The van der Waals surface area contributed by atoms with Crippen LogP contribution in [0.25, 0.3) is 0 Å². The Morgan fingerprint density at radius 1 is 1.03 bits per heavy atom. The van der Waals surface area contributed by atoms with Crippen LogP contribution in [-0.4, -0.2) is 72.0 Å². The maximum atomic E-state index is 12.9. The highest BCUT2D eigenvalue weighted by Gasteiger charge is 2.40. The van der Waals surface area contributed by atoms with Crippen molar-refractivity contribution in [2.24, 2.45) is 0 Å². The fourth-order valence-electron chi connectivity index (χ4n) is 5.50. The molecule has 5 rings (SSSR count). The first kappa shape index (κ1) is 21.4. The van der Waals surface area contributed by atoms with E-state index in [2.05, 4.69) is 10.2 Å². The van der Waals surface area contributed by atoms with Gasteiger partial charge in [-0.2, -0.15) is 0 Å². The van der Waals surface area contributed by atoms with Crippen molar-refractivity contribution >= 4 is 17.7 Å². The third-order valence-corrected chi connectivity index (χ3v) is 7.38. The number of methoxy groups -OCH3 is 1. The van der Waals surface area contributed by atoms with Gasteiger partial charge in [-0.1, -0.05) is 12.8 Å². The van der Waals surface area contributed by atoms with Crippen LogP contribution in [0.3, 0.4) is 0 Å². The lowest BCUT2D eigenvalue weighted by molar-refractivity contribution is -0.136. The van der Waals surface area contributed by atoms with Crippen LogP contribution >= 0.6 is 0 Å². The molecule has 1 aromatic rings. The topological polar surface area (TPSA) is 88.2 Å². The second-order valence-electron chi connectivity index (χ2n) is 9.39. The Bertz CT molecular complexity index is 913. The Morgan fingerprint density at radius 3 is 2.62 bits per heavy atom. The summed E-state index contributed by atoms with van der Waals surface area (Å²) in [5, 5.41) is 2.35. The van der Waals surface area contributed by atoms with E-state index >= 15 is 0 Å². The van der Waals surface area contributed by atoms with E-state index in [4.69, 9.17) is 9.47 Å². The normalized spacial score (nSPS) is 29.3. The van der Waals surface area contributed by atoms with Crippen molar-refractivity contribution in [3.05, 3.63) is 29.3 Å². The molecular formula is C24H31N3O5. The Morgan fingerprint density at radius 2 is 1.84 bits per heavy atom. The number of hydrogen-bond donors (Lipinski definition) is 1. The lowest BCUT2D eigenvalue weighted by Crippen LogP contribution is -2.59. The minimum absolute atomic E-state index is 0.122. The predicted molar refractivity (Wildman–Crippen MR) is 116 cm³/mol. The van der Waals surface area contributed by atoms with Crippen LogP contribution in [0.4, 0.5) is 0 Å². The molecule has 8 heteroatoms. The van der Waals surface area contributed by atoms with Gasteiger partial charge in [-0.3, -0.25) is 24.6 Å². The molecular weight excluding hydrogens is 410 g/mol. The van der Waals surface area contributed by atoms with Crippen molar-refractivity contribution in [2.45, 2.75) is 75.8 Å². The molecule has 8 nitrogen and oxygen atoms in total. The summed E-state index contributed by atoms with van der Waals surface area (Å²) in [7, 11) is 1.77. The van der Waals surface area contributed by atoms with Crippen LogP contribution in [-0.2, 0) is 20.9 Å². The number of piperidine rings is 1. The highest BCUT2D eigenvalue weighted by atomic mass is 16.5. The number of ether oxygens (including phenoxy) is 2. The van der Waals surface area contributed by atoms with Crippen molar-refractivity contribution in [1.82, 2.24) is 15.1 Å². The van der Waals surface area contributed by atoms with Gasteiger partial charge < -0.3 is 14.4 Å². The third kappa shape index (κ3) is 4.01. The number of carbonyl (C=O) groups excluding carboxylic acids is 3. The first-order chi connectivity index (χ1) is 15.5. The Hall–Kier alpha value is -2.45. The minimum Gasteiger partial charge on any atom is -0.489 e. The van der Waals surface area contributed by atoms with Crippen molar-refractivity contribution in [1.29, 1.82) is 0 Å². The summed E-state index contributed by atoms with van der Waals surface area (Å²) in [6.45, 7) is 2.29. The van der Waals surface area contributed by atoms with Crippen molar-refractivity contribution in [3.63, 3.8) is 0 Å². The molecule has 1 N–H and O–H groups in total. The molecule has 1 unspecified atom stereocenters. The van der Waals surface area contributed by atoms with Gasteiger partial charge in [-0.15, -0.1) is 0 Å². The SMILES string of the molecule is COC1CN([C@H]2CCCCC[C@@H]2Oc2ccc3c(c2)CN(C2CCC(=O)NC2=O)C3=O)C1. The van der Waals surface area contributed by atoms with E-state index < -0.39 is 6.04 Å². The Balaban J connectivity index is 1.29. The van der Waals surface area contributed by atoms with Crippen LogP contribution in [0.5, 0.6) is 5.75 Å². The van der Waals surface area contributed by atoms with Crippen molar-refractivity contribution < 1.29 is 23.9 Å². The number of nitrogens with one attached hydrogen (secondary N) is 1. The molecule has 172 valence electrons. The molecule has 3 aliphatic heterocycles. The smallest absolute Gasteiger partial charge is 0.255 e. The zero-order chi connectivity index (χ0) is 22.2. The van der Waals surface area contributed by atoms with E-state index in [1.807, 2.05) is 18.2 Å². The van der Waals surface area contributed by atoms with Gasteiger partial charge in [0.1, 0.15) is 17.9 Å². The second-order valence-corrected chi connectivity index (χ2v) is 9.39. The van der Waals surface area contributed by atoms with Crippen LogP contribution in [0.15, 0.2) is 18.2 Å². The van der Waals surface area contributed by atoms with Gasteiger partial charge in [0, 0.05) is 44.8 Å². The summed E-state index contributed by atoms with van der Waals surface area (Å²) in [5.41, 5.74) is 1.50. The zero-order valence-electron chi connectivity index (χ0n) is 18.5. The van der Waals surface area contributed by atoms with E-state index in [1.165, 1.54) is 12.8 Å². The van der Waals surface area contributed by atoms with Gasteiger partial charge in [0.2, 0.25) is 11.8 Å². The standard InChI is InChI=1S/C24H31N3O5/c1-31-17-13-26(14-17)19-5-3-2-4-6-21(19)32-16-7-8-18-15(11-16)12-27(24(18)30)20-9-10-22(28)25-23(20)29/h7-8,11,17,19-21H,2-6,9-10,12-14H2,1H3,(H,25,28,29)/t19-,20?,21-/m0/s1. The minimum atomic E-state index is -0.594. The number of rotatable bonds is 5. The molecule has 0 spiro atoms. The summed E-state index contributed by atoms with van der Waals surface area (Å²) >= 11 is 0. The van der Waals surface area contributed by atoms with Crippen LogP contribution in [0.1, 0.15) is 60.9 Å². The molecule has 1 aliphatic carbocycles. The summed E-state index contributed by atoms with van der Waals surface area (Å²) in [6, 6.07) is 5.44. The van der Waals surface area contributed by atoms with E-state index in [1.54, 1.807) is 12.0 Å². The molecule has 1 aromatic carbocycles. The first-order valence-electron chi connectivity index (χ1n) is 11.7. The first-order valence-corrected chi connectivity index (χ1v) is 11.7. The van der Waals surface area contributed by atoms with E-state index in [9.17, 15) is 14.4 Å². The molecule has 2 saturated heterocycles. The number of imide groups is 1. The average Bonchev–Trinajstić information content (AvgIpc) is 2.90. The number of hydrogen-bond acceptors (Lipinski definition) is 6. The maximum absolute atomic E-state index is 12.9. The fourth-order valence-corrected chi connectivity index (χ4v) is 5.50. The summed E-state index contributed by atoms with van der Waals surface area (Å²) in [5.74, 6) is -0.0332. The monoisotopic (exact) mass is 441 g/mol. The fraction of sp³-hybridized carbons (Fsp3) is 0.625. The number of amides is 3. The largest absolute Gasteiger partial charge is 0.489 e. The molecule has 3 fully saturated rings. The Labute approximate surface area is 188 Å². The zero-order valence-corrected chi connectivity index (χ0v) is 18.5. The number of benzene rings is 1. The van der Waals surface area contributed by atoms with Crippen molar-refractivity contribution in [3.8, 4) is 5.75 Å². The molecule has 1 saturated carbocycles. The quantitative estimate of drug-likeness (QED) is 0.554. The molecule has 32 heavy (non-hydrogen) atoms. The number of fused-ring (bicyclic) bond motifs is 1. The van der Waals surface area contributed by atoms with Gasteiger partial charge in [0.25, 0.3) is 5.91 Å². The summed E-state index contributed by atoms with van der Waals surface area (Å²) in [6.07, 6.45) is 6.85. The Kier molecular flexibility index (Phi) is 5.90. The number of likely N-dealkylation sites (tertiary alicyclic amines) is 1. The van der Waals surface area contributed by atoms with Gasteiger partial charge in [0.15, 0.2) is 0 Å². The highest BCUT2D eigenvalue weighted by molar-refractivity contribution is 6.05. The van der Waals surface area contributed by atoms with Gasteiger partial charge >= 0.3 is 0 Å². The van der Waals surface area contributed by atoms with Crippen molar-refractivity contribution in [2.75, 3.05) is 20.2 Å². The maximum Gasteiger partial charge on any atom is 0.255 e. The molecule has 3 heterocycles. The second kappa shape index (κ2) is 8.83. The van der Waals surface area contributed by atoms with Gasteiger partial charge in [0.05, 0.1) is 6.10 Å². The molecule has 0 bridgehead atoms. The lowest BCUT2D eigenvalue weighted by atomic mass is 9.98. The highest BCUT2D eigenvalue weighted by Crippen LogP contribution is 2.33. The molecule has 3 amide bonds. The van der Waals surface area contributed by atoms with Gasteiger partial charge in [-0.05, 0) is 49.4 Å². The molecule has 0 radical (unpaired) electrons. The summed E-state index contributed by atoms with van der Waals surface area (Å²) in [4.78, 5) is 40.7. The number of carbonyl (C=O) groups is 3. The van der Waals surface area contributed by atoms with Crippen LogP contribution < -0.4 is 10.1 Å². The third-order valence-electron chi connectivity index (χ3n) is 7.38. The molecule has 0 aromatic heterocycles. The average molecular weight is 442 g/mol. The van der Waals surface area contributed by atoms with E-state index in [0.717, 1.165) is 43.7 Å². The van der Waals surface area contributed by atoms with Gasteiger partial charge in [-0.25, -0.2) is 0 Å². The molecule has 3 atom stereocenters. The lowest BCUT2D eigenvalue weighted by Gasteiger charge is -2.45. The predicted octanol–water partition coefficient (Wildman–Crippen LogP) is 1.86. The van der Waals surface area contributed by atoms with Crippen LogP contribution in [0, 0.1) is 0 Å². The van der Waals surface area contributed by atoms with E-state index in [-0.39, 0.29) is 30.2 Å². The number of nitrogens with zero attached hydrogens (tertiary/aromatic N) is 2.